The summed E-state index contributed by atoms with van der Waals surface area (Å²) in [6.07, 6.45) is 17.0. The molecule has 0 nitrogen and oxygen atoms in total. The normalized spacial score (nSPS) is 21.4. The van der Waals surface area contributed by atoms with Crippen molar-refractivity contribution in [1.29, 1.82) is 0 Å². The molecule has 0 aromatic heterocycles. The molecule has 2 unspecified atom stereocenters. The molecule has 2 aromatic carbocycles. The van der Waals surface area contributed by atoms with E-state index in [0.29, 0.717) is 23.2 Å². The average Bonchev–Trinajstić information content (AvgIpc) is 2.96. The van der Waals surface area contributed by atoms with Crippen molar-refractivity contribution >= 4 is 26.5 Å². The van der Waals surface area contributed by atoms with Crippen LogP contribution in [0.4, 0.5) is 0 Å². The SMILES string of the molecule is C=C/C(=C\C(=C/C)C(=C)C(C)C(C)c1ccc(C(=C2CC3(CCC3)C2)c2ccc(C)cc2)cc1)CC1CCS(=C)(=C)CC1. The molecule has 1 aliphatic heterocycles. The molecule has 0 bridgehead atoms. The van der Waals surface area contributed by atoms with Gasteiger partial charge in [-0.3, -0.25) is 0 Å². The predicted molar refractivity (Wildman–Crippen MR) is 197 cm³/mol. The number of hydrogen-bond donors (Lipinski definition) is 0. The molecule has 2 aromatic rings. The van der Waals surface area contributed by atoms with E-state index in [1.165, 1.54) is 101 Å². The van der Waals surface area contributed by atoms with Crippen LogP contribution in [-0.4, -0.2) is 23.2 Å². The second-order valence-corrected chi connectivity index (χ2v) is 17.5. The van der Waals surface area contributed by atoms with Crippen molar-refractivity contribution in [3.05, 3.63) is 124 Å². The lowest BCUT2D eigenvalue weighted by molar-refractivity contribution is 0.0814. The molecule has 5 rings (SSSR count). The Balaban J connectivity index is 1.30. The van der Waals surface area contributed by atoms with Gasteiger partial charge in [0.15, 0.2) is 0 Å². The molecule has 1 saturated heterocycles. The van der Waals surface area contributed by atoms with E-state index in [2.05, 4.69) is 119 Å². The van der Waals surface area contributed by atoms with Gasteiger partial charge in [-0.2, -0.15) is 0 Å². The molecule has 0 amide bonds. The van der Waals surface area contributed by atoms with E-state index < -0.39 is 9.21 Å². The Morgan fingerprint density at radius 1 is 0.953 bits per heavy atom. The van der Waals surface area contributed by atoms with Gasteiger partial charge in [0, 0.05) is 0 Å². The summed E-state index contributed by atoms with van der Waals surface area (Å²) in [6.45, 7) is 17.8. The van der Waals surface area contributed by atoms with E-state index in [1.807, 2.05) is 0 Å². The quantitative estimate of drug-likeness (QED) is 0.191. The number of hydrogen-bond acceptors (Lipinski definition) is 0. The average molecular weight is 591 g/mol. The Bertz CT molecular complexity index is 1510. The summed E-state index contributed by atoms with van der Waals surface area (Å²) in [5.74, 6) is 12.6. The molecule has 0 N–H and O–H groups in total. The Morgan fingerprint density at radius 2 is 1.53 bits per heavy atom. The van der Waals surface area contributed by atoms with Gasteiger partial charge in [-0.1, -0.05) is 123 Å². The Hall–Kier alpha value is -2.77. The lowest BCUT2D eigenvalue weighted by Crippen LogP contribution is -2.38. The number of allylic oxidation sites excluding steroid dienone is 7. The van der Waals surface area contributed by atoms with Gasteiger partial charge in [0.2, 0.25) is 0 Å². The maximum atomic E-state index is 4.62. The van der Waals surface area contributed by atoms with Gasteiger partial charge >= 0.3 is 0 Å². The highest BCUT2D eigenvalue weighted by Gasteiger charge is 2.46. The van der Waals surface area contributed by atoms with Gasteiger partial charge in [-0.05, 0) is 132 Å². The lowest BCUT2D eigenvalue weighted by atomic mass is 9.53. The first-order valence-electron chi connectivity index (χ1n) is 16.6. The van der Waals surface area contributed by atoms with Gasteiger partial charge in [0.1, 0.15) is 0 Å². The van der Waals surface area contributed by atoms with Crippen LogP contribution in [0, 0.1) is 24.2 Å². The molecule has 43 heavy (non-hydrogen) atoms. The molecule has 1 heteroatoms. The Labute approximate surface area is 263 Å². The van der Waals surface area contributed by atoms with Crippen molar-refractivity contribution in [2.75, 3.05) is 11.5 Å². The molecule has 2 atom stereocenters. The van der Waals surface area contributed by atoms with E-state index >= 15 is 0 Å². The zero-order valence-electron chi connectivity index (χ0n) is 27.4. The molecule has 228 valence electrons. The highest BCUT2D eigenvalue weighted by molar-refractivity contribution is 8.27. The van der Waals surface area contributed by atoms with Crippen LogP contribution >= 0.6 is 9.21 Å². The fourth-order valence-electron chi connectivity index (χ4n) is 7.54. The van der Waals surface area contributed by atoms with Gasteiger partial charge < -0.3 is 0 Å². The molecule has 2 saturated carbocycles. The van der Waals surface area contributed by atoms with Crippen LogP contribution in [0.5, 0.6) is 0 Å². The summed E-state index contributed by atoms with van der Waals surface area (Å²) in [4.78, 5) is 0. The first-order valence-corrected chi connectivity index (χ1v) is 18.9. The fraction of sp³-hybridized carbons (Fsp3) is 0.429. The van der Waals surface area contributed by atoms with Crippen molar-refractivity contribution in [1.82, 2.24) is 0 Å². The van der Waals surface area contributed by atoms with Crippen LogP contribution in [0.25, 0.3) is 5.57 Å². The molecule has 1 spiro atoms. The maximum absolute atomic E-state index is 4.62. The summed E-state index contributed by atoms with van der Waals surface area (Å²) in [6, 6.07) is 18.6. The van der Waals surface area contributed by atoms with Gasteiger partial charge in [0.05, 0.1) is 0 Å². The number of rotatable bonds is 10. The van der Waals surface area contributed by atoms with Crippen LogP contribution in [0.2, 0.25) is 0 Å². The topological polar surface area (TPSA) is 0 Å². The monoisotopic (exact) mass is 590 g/mol. The van der Waals surface area contributed by atoms with E-state index in [-0.39, 0.29) is 0 Å². The minimum absolute atomic E-state index is 0.329. The summed E-state index contributed by atoms with van der Waals surface area (Å²) >= 11 is 0. The van der Waals surface area contributed by atoms with E-state index in [0.717, 1.165) is 6.42 Å². The second-order valence-electron chi connectivity index (χ2n) is 14.2. The summed E-state index contributed by atoms with van der Waals surface area (Å²) < 4.78 is 0. The van der Waals surface area contributed by atoms with Crippen molar-refractivity contribution in [3.8, 4) is 0 Å². The largest absolute Gasteiger partial charge is 0.214 e. The van der Waals surface area contributed by atoms with Crippen molar-refractivity contribution in [2.45, 2.75) is 85.0 Å². The van der Waals surface area contributed by atoms with Crippen molar-refractivity contribution < 1.29 is 0 Å². The first kappa shape index (κ1) is 31.6. The standard InChI is InChI=1S/C42H54S/c1-9-34(26-35-20-24-43(7,8)25-21-35)27-36(10-2)32(5)31(4)33(6)37-16-18-39(19-17-37)41(38-14-12-30(3)13-15-38)40-28-42(29-40)22-11-23-42/h9-10,12-19,27,31,33,35H,1,5,7-8,11,20-26,28-29H2,2-4,6H3/b34-27+,36-10+. The fourth-order valence-corrected chi connectivity index (χ4v) is 9.41. The summed E-state index contributed by atoms with van der Waals surface area (Å²) in [7, 11) is -0.850. The van der Waals surface area contributed by atoms with Crippen LogP contribution < -0.4 is 0 Å². The third-order valence-corrected chi connectivity index (χ3v) is 13.2. The minimum Gasteiger partial charge on any atom is -0.214 e. The van der Waals surface area contributed by atoms with E-state index in [4.69, 9.17) is 0 Å². The Kier molecular flexibility index (Phi) is 9.62. The summed E-state index contributed by atoms with van der Waals surface area (Å²) in [5.41, 5.74) is 13.0. The highest BCUT2D eigenvalue weighted by atomic mass is 32.2. The minimum atomic E-state index is -0.850. The lowest BCUT2D eigenvalue weighted by Gasteiger charge is -2.52. The predicted octanol–water partition coefficient (Wildman–Crippen LogP) is 11.6. The van der Waals surface area contributed by atoms with Gasteiger partial charge in [-0.15, -0.1) is 0 Å². The van der Waals surface area contributed by atoms with Crippen LogP contribution in [0.3, 0.4) is 0 Å². The van der Waals surface area contributed by atoms with Gasteiger partial charge in [0.25, 0.3) is 0 Å². The number of aryl methyl sites for hydroxylation is 1. The van der Waals surface area contributed by atoms with Crippen LogP contribution in [0.1, 0.15) is 100 Å². The first-order chi connectivity index (χ1) is 20.5. The zero-order chi connectivity index (χ0) is 30.8. The molecule has 3 aliphatic rings. The molecule has 3 fully saturated rings. The van der Waals surface area contributed by atoms with E-state index in [1.54, 1.807) is 5.57 Å². The van der Waals surface area contributed by atoms with Crippen molar-refractivity contribution in [3.63, 3.8) is 0 Å². The smallest absolute Gasteiger partial charge is 0.0119 e. The molecule has 2 aliphatic carbocycles. The molecule has 1 heterocycles. The highest BCUT2D eigenvalue weighted by Crippen LogP contribution is 2.60. The summed E-state index contributed by atoms with van der Waals surface area (Å²) in [5, 5.41) is 0. The molecule has 0 radical (unpaired) electrons. The number of benzene rings is 2. The molecular weight excluding hydrogens is 537 g/mol. The Morgan fingerprint density at radius 3 is 2.05 bits per heavy atom. The zero-order valence-corrected chi connectivity index (χ0v) is 28.2. The maximum Gasteiger partial charge on any atom is -0.0119 e. The third kappa shape index (κ3) is 7.15. The second kappa shape index (κ2) is 13.1. The van der Waals surface area contributed by atoms with Crippen LogP contribution in [0.15, 0.2) is 102 Å². The third-order valence-electron chi connectivity index (χ3n) is 11.0. The van der Waals surface area contributed by atoms with E-state index in [9.17, 15) is 0 Å². The van der Waals surface area contributed by atoms with Crippen LogP contribution in [-0.2, 0) is 0 Å². The van der Waals surface area contributed by atoms with Crippen molar-refractivity contribution in [2.24, 2.45) is 17.3 Å². The van der Waals surface area contributed by atoms with Gasteiger partial charge in [-0.25, -0.2) is 9.21 Å². The molecular formula is C42H54S.